The number of nitrogens with zero attached hydrogens (tertiary/aromatic N) is 4. The minimum absolute atomic E-state index is 1.03. The van der Waals surface area contributed by atoms with Gasteiger partial charge in [-0.3, -0.25) is 0 Å². The van der Waals surface area contributed by atoms with Gasteiger partial charge >= 0.3 is 5.82 Å². The van der Waals surface area contributed by atoms with Crippen molar-refractivity contribution in [2.75, 3.05) is 0 Å². The van der Waals surface area contributed by atoms with E-state index in [0.717, 1.165) is 44.7 Å². The highest BCUT2D eigenvalue weighted by Crippen LogP contribution is 2.15. The van der Waals surface area contributed by atoms with E-state index in [9.17, 15) is 0 Å². The summed E-state index contributed by atoms with van der Waals surface area (Å²) < 4.78 is 6.90. The van der Waals surface area contributed by atoms with Crippen molar-refractivity contribution in [1.29, 1.82) is 0 Å². The maximum Gasteiger partial charge on any atom is 0.325 e. The van der Waals surface area contributed by atoms with Gasteiger partial charge in [0.15, 0.2) is 0 Å². The molecule has 0 aliphatic rings. The van der Waals surface area contributed by atoms with Gasteiger partial charge in [-0.05, 0) is 19.3 Å². The van der Waals surface area contributed by atoms with Gasteiger partial charge < -0.3 is 4.57 Å². The average Bonchev–Trinajstić information content (AvgIpc) is 2.98. The fourth-order valence-electron chi connectivity index (χ4n) is 2.50. The second kappa shape index (κ2) is 6.55. The minimum Gasteiger partial charge on any atom is -0.325 e. The summed E-state index contributed by atoms with van der Waals surface area (Å²) in [5, 5.41) is 0. The van der Waals surface area contributed by atoms with E-state index in [1.807, 2.05) is 6.20 Å². The normalized spacial score (nSPS) is 11.1. The van der Waals surface area contributed by atoms with Gasteiger partial charge in [0.05, 0.1) is 13.1 Å². The van der Waals surface area contributed by atoms with Crippen LogP contribution in [0.3, 0.4) is 0 Å². The first kappa shape index (κ1) is 13.8. The Morgan fingerprint density at radius 2 is 1.74 bits per heavy atom. The molecule has 2 aromatic rings. The molecule has 0 N–H and O–H groups in total. The molecule has 0 radical (unpaired) electrons. The standard InChI is InChI=1S/C15H25N4/c1-4-8-17-11-7-16-14(17)15-18(9-5-2)12-13-19(15)10-6-3/h7,11-13H,4-6,8-10H2,1-3H3/q+1. The topological polar surface area (TPSA) is 26.6 Å². The molecule has 2 aromatic heterocycles. The molecule has 0 unspecified atom stereocenters. The van der Waals surface area contributed by atoms with Crippen LogP contribution in [-0.2, 0) is 19.6 Å². The Hall–Kier alpha value is -1.58. The lowest BCUT2D eigenvalue weighted by Crippen LogP contribution is -2.35. The molecule has 0 aliphatic heterocycles. The third-order valence-corrected chi connectivity index (χ3v) is 3.28. The van der Waals surface area contributed by atoms with Crippen LogP contribution in [0.2, 0.25) is 0 Å². The Balaban J connectivity index is 2.45. The van der Waals surface area contributed by atoms with Crippen LogP contribution in [0.15, 0.2) is 24.8 Å². The zero-order chi connectivity index (χ0) is 13.7. The summed E-state index contributed by atoms with van der Waals surface area (Å²) in [5.74, 6) is 2.33. The smallest absolute Gasteiger partial charge is 0.325 e. The molecule has 0 aliphatic carbocycles. The van der Waals surface area contributed by atoms with Crippen LogP contribution in [0.5, 0.6) is 0 Å². The maximum atomic E-state index is 4.58. The van der Waals surface area contributed by atoms with E-state index in [2.05, 4.69) is 58.0 Å². The largest absolute Gasteiger partial charge is 0.325 e. The average molecular weight is 261 g/mol. The van der Waals surface area contributed by atoms with Crippen molar-refractivity contribution in [1.82, 2.24) is 14.1 Å². The zero-order valence-corrected chi connectivity index (χ0v) is 12.3. The Morgan fingerprint density at radius 1 is 1.00 bits per heavy atom. The van der Waals surface area contributed by atoms with Gasteiger partial charge in [0.2, 0.25) is 5.82 Å². The van der Waals surface area contributed by atoms with Gasteiger partial charge in [0.1, 0.15) is 12.4 Å². The lowest BCUT2D eigenvalue weighted by atomic mass is 10.4. The fourth-order valence-corrected chi connectivity index (χ4v) is 2.50. The lowest BCUT2D eigenvalue weighted by molar-refractivity contribution is -0.685. The SMILES string of the molecule is CCCn1ccnc1-c1n(CCC)cc[n+]1CCC. The Kier molecular flexibility index (Phi) is 4.77. The van der Waals surface area contributed by atoms with Gasteiger partial charge in [0, 0.05) is 18.9 Å². The van der Waals surface area contributed by atoms with E-state index in [1.54, 1.807) is 0 Å². The van der Waals surface area contributed by atoms with Crippen LogP contribution in [-0.4, -0.2) is 14.1 Å². The number of hydrogen-bond acceptors (Lipinski definition) is 1. The zero-order valence-electron chi connectivity index (χ0n) is 12.3. The summed E-state index contributed by atoms with van der Waals surface area (Å²) in [6.45, 7) is 9.75. The van der Waals surface area contributed by atoms with Gasteiger partial charge in [-0.2, -0.15) is 0 Å². The van der Waals surface area contributed by atoms with Crippen LogP contribution in [0.25, 0.3) is 11.6 Å². The van der Waals surface area contributed by atoms with Gasteiger partial charge in [-0.25, -0.2) is 14.1 Å². The fraction of sp³-hybridized carbons (Fsp3) is 0.600. The first-order chi connectivity index (χ1) is 9.31. The van der Waals surface area contributed by atoms with Crippen LogP contribution in [0.1, 0.15) is 40.0 Å². The lowest BCUT2D eigenvalue weighted by Gasteiger charge is -2.06. The molecule has 0 fully saturated rings. The highest BCUT2D eigenvalue weighted by Gasteiger charge is 2.22. The third kappa shape index (κ3) is 2.88. The molecule has 0 aromatic carbocycles. The van der Waals surface area contributed by atoms with E-state index < -0.39 is 0 Å². The van der Waals surface area contributed by atoms with Crippen LogP contribution >= 0.6 is 0 Å². The maximum absolute atomic E-state index is 4.58. The number of aromatic nitrogens is 4. The Bertz CT molecular complexity index is 486. The summed E-state index contributed by atoms with van der Waals surface area (Å²) in [6, 6.07) is 0. The first-order valence-electron chi connectivity index (χ1n) is 7.41. The van der Waals surface area contributed by atoms with Crippen molar-refractivity contribution in [2.45, 2.75) is 59.7 Å². The van der Waals surface area contributed by atoms with Gasteiger partial charge in [-0.15, -0.1) is 0 Å². The highest BCUT2D eigenvalue weighted by atomic mass is 15.2. The van der Waals surface area contributed by atoms with Crippen LogP contribution in [0.4, 0.5) is 0 Å². The molecule has 104 valence electrons. The van der Waals surface area contributed by atoms with E-state index in [4.69, 9.17) is 0 Å². The highest BCUT2D eigenvalue weighted by molar-refractivity contribution is 5.40. The van der Waals surface area contributed by atoms with Crippen molar-refractivity contribution in [3.05, 3.63) is 24.8 Å². The molecular formula is C15H25N4+. The Labute approximate surface area is 115 Å². The summed E-state index contributed by atoms with van der Waals surface area (Å²) in [6.07, 6.45) is 11.8. The van der Waals surface area contributed by atoms with E-state index in [1.165, 1.54) is 5.82 Å². The van der Waals surface area contributed by atoms with Crippen LogP contribution in [0, 0.1) is 0 Å². The summed E-state index contributed by atoms with van der Waals surface area (Å²) in [5.41, 5.74) is 0. The van der Waals surface area contributed by atoms with Crippen molar-refractivity contribution in [3.8, 4) is 11.6 Å². The van der Waals surface area contributed by atoms with Crippen molar-refractivity contribution in [2.24, 2.45) is 0 Å². The van der Waals surface area contributed by atoms with Crippen molar-refractivity contribution in [3.63, 3.8) is 0 Å². The van der Waals surface area contributed by atoms with Crippen molar-refractivity contribution < 1.29 is 4.57 Å². The van der Waals surface area contributed by atoms with E-state index in [-0.39, 0.29) is 0 Å². The number of aryl methyl sites for hydroxylation is 3. The van der Waals surface area contributed by atoms with Gasteiger partial charge in [0.25, 0.3) is 0 Å². The second-order valence-corrected chi connectivity index (χ2v) is 4.95. The van der Waals surface area contributed by atoms with Crippen molar-refractivity contribution >= 4 is 0 Å². The van der Waals surface area contributed by atoms with E-state index in [0.29, 0.717) is 0 Å². The molecule has 19 heavy (non-hydrogen) atoms. The number of rotatable bonds is 7. The monoisotopic (exact) mass is 261 g/mol. The Morgan fingerprint density at radius 3 is 2.42 bits per heavy atom. The predicted octanol–water partition coefficient (Wildman–Crippen LogP) is 2.87. The number of hydrogen-bond donors (Lipinski definition) is 0. The van der Waals surface area contributed by atoms with Gasteiger partial charge in [-0.1, -0.05) is 20.8 Å². The minimum atomic E-state index is 1.03. The molecule has 2 heterocycles. The third-order valence-electron chi connectivity index (χ3n) is 3.28. The molecule has 4 heteroatoms. The summed E-state index contributed by atoms with van der Waals surface area (Å²) in [4.78, 5) is 4.58. The van der Waals surface area contributed by atoms with Crippen LogP contribution < -0.4 is 4.57 Å². The molecule has 4 nitrogen and oxygen atoms in total. The quantitative estimate of drug-likeness (QED) is 0.704. The molecular weight excluding hydrogens is 236 g/mol. The summed E-state index contributed by atoms with van der Waals surface area (Å²) >= 11 is 0. The molecule has 0 atom stereocenters. The molecule has 0 bridgehead atoms. The summed E-state index contributed by atoms with van der Waals surface area (Å²) in [7, 11) is 0. The second-order valence-electron chi connectivity index (χ2n) is 4.95. The number of imidazole rings is 2. The first-order valence-corrected chi connectivity index (χ1v) is 7.41. The molecule has 0 amide bonds. The molecule has 0 saturated heterocycles. The van der Waals surface area contributed by atoms with E-state index >= 15 is 0 Å². The molecule has 0 saturated carbocycles. The predicted molar refractivity (Wildman–Crippen MR) is 76.7 cm³/mol. The molecule has 0 spiro atoms. The molecule has 2 rings (SSSR count).